The Hall–Kier alpha value is -2.84. The number of aryl methyl sites for hydroxylation is 3. The molecule has 0 unspecified atom stereocenters. The molecule has 158 valence electrons. The van der Waals surface area contributed by atoms with Gasteiger partial charge in [-0.3, -0.25) is 14.8 Å². The van der Waals surface area contributed by atoms with Gasteiger partial charge in [0, 0.05) is 11.9 Å². The summed E-state index contributed by atoms with van der Waals surface area (Å²) in [5.74, 6) is -0.127. The largest absolute Gasteiger partial charge is 0.337 e. The number of anilines is 2. The molecule has 30 heavy (non-hydrogen) atoms. The second-order valence-electron chi connectivity index (χ2n) is 6.92. The van der Waals surface area contributed by atoms with Crippen molar-refractivity contribution >= 4 is 39.1 Å². The number of nitrogens with zero attached hydrogens (tertiary/aromatic N) is 1. The molecule has 2 aromatic carbocycles. The lowest BCUT2D eigenvalue weighted by atomic mass is 10.0. The van der Waals surface area contributed by atoms with E-state index in [-0.39, 0.29) is 16.7 Å². The molecule has 2 N–H and O–H groups in total. The molecule has 9 heteroatoms. The maximum Gasteiger partial charge on any atom is 0.262 e. The summed E-state index contributed by atoms with van der Waals surface area (Å²) in [6.45, 7) is 6.81. The van der Waals surface area contributed by atoms with Crippen LogP contribution in [0.1, 0.15) is 30.7 Å². The van der Waals surface area contributed by atoms with E-state index in [4.69, 9.17) is 16.1 Å². The number of carbonyl (C=O) groups is 1. The van der Waals surface area contributed by atoms with Gasteiger partial charge in [-0.2, -0.15) is 0 Å². The van der Waals surface area contributed by atoms with Crippen molar-refractivity contribution in [3.63, 3.8) is 0 Å². The second kappa shape index (κ2) is 8.49. The Morgan fingerprint density at radius 3 is 2.47 bits per heavy atom. The molecule has 0 radical (unpaired) electrons. The highest BCUT2D eigenvalue weighted by Crippen LogP contribution is 2.35. The van der Waals surface area contributed by atoms with E-state index in [1.54, 1.807) is 43.3 Å². The summed E-state index contributed by atoms with van der Waals surface area (Å²) >= 11 is 6.12. The Morgan fingerprint density at radius 2 is 1.83 bits per heavy atom. The summed E-state index contributed by atoms with van der Waals surface area (Å²) < 4.78 is 34.0. The molecule has 1 amide bonds. The molecule has 0 saturated heterocycles. The minimum atomic E-state index is -3.89. The number of nitrogens with one attached hydrogen (secondary N) is 2. The number of sulfonamides is 1. The SMILES string of the molecule is CCc1noc(NC(C)=O)c1-c1ccc(C)c(S(=O)(=O)Nc2ccc(C)c(Cl)c2)c1. The number of halogens is 1. The predicted molar refractivity (Wildman–Crippen MR) is 117 cm³/mol. The molecule has 0 bridgehead atoms. The van der Waals surface area contributed by atoms with Crippen molar-refractivity contribution in [1.29, 1.82) is 0 Å². The predicted octanol–water partition coefficient (Wildman–Crippen LogP) is 4.93. The van der Waals surface area contributed by atoms with E-state index >= 15 is 0 Å². The smallest absolute Gasteiger partial charge is 0.262 e. The molecule has 0 fully saturated rings. The number of hydrogen-bond donors (Lipinski definition) is 2. The molecule has 0 atom stereocenters. The van der Waals surface area contributed by atoms with Gasteiger partial charge < -0.3 is 4.52 Å². The first-order valence-electron chi connectivity index (χ1n) is 9.28. The number of amides is 1. The third-order valence-corrected chi connectivity index (χ3v) is 6.51. The van der Waals surface area contributed by atoms with E-state index in [1.807, 2.05) is 13.8 Å². The van der Waals surface area contributed by atoms with E-state index in [0.717, 1.165) is 5.56 Å². The van der Waals surface area contributed by atoms with E-state index in [0.29, 0.717) is 39.5 Å². The van der Waals surface area contributed by atoms with Crippen molar-refractivity contribution < 1.29 is 17.7 Å². The van der Waals surface area contributed by atoms with E-state index in [2.05, 4.69) is 15.2 Å². The summed E-state index contributed by atoms with van der Waals surface area (Å²) in [7, 11) is -3.89. The lowest BCUT2D eigenvalue weighted by molar-refractivity contribution is -0.114. The highest BCUT2D eigenvalue weighted by Gasteiger charge is 2.22. The van der Waals surface area contributed by atoms with Crippen LogP contribution >= 0.6 is 11.6 Å². The fourth-order valence-corrected chi connectivity index (χ4v) is 4.52. The first kappa shape index (κ1) is 21.9. The fourth-order valence-electron chi connectivity index (χ4n) is 3.02. The van der Waals surface area contributed by atoms with Gasteiger partial charge in [-0.15, -0.1) is 0 Å². The lowest BCUT2D eigenvalue weighted by Gasteiger charge is -2.13. The Bertz CT molecular complexity index is 1220. The van der Waals surface area contributed by atoms with E-state index in [9.17, 15) is 13.2 Å². The zero-order valence-electron chi connectivity index (χ0n) is 17.0. The average Bonchev–Trinajstić information content (AvgIpc) is 3.06. The molecular formula is C21H22ClN3O4S. The van der Waals surface area contributed by atoms with Crippen molar-refractivity contribution in [2.75, 3.05) is 10.0 Å². The summed E-state index contributed by atoms with van der Waals surface area (Å²) in [5.41, 5.74) is 3.54. The van der Waals surface area contributed by atoms with Gasteiger partial charge in [-0.05, 0) is 55.2 Å². The van der Waals surface area contributed by atoms with Crippen LogP contribution in [0.4, 0.5) is 11.6 Å². The van der Waals surface area contributed by atoms with Crippen molar-refractivity contribution in [3.05, 3.63) is 58.2 Å². The highest BCUT2D eigenvalue weighted by molar-refractivity contribution is 7.92. The third kappa shape index (κ3) is 4.49. The maximum absolute atomic E-state index is 13.1. The first-order chi connectivity index (χ1) is 14.1. The quantitative estimate of drug-likeness (QED) is 0.557. The number of carbonyl (C=O) groups excluding carboxylic acids is 1. The van der Waals surface area contributed by atoms with Gasteiger partial charge in [0.25, 0.3) is 10.0 Å². The number of benzene rings is 2. The second-order valence-corrected chi connectivity index (χ2v) is 8.98. The van der Waals surface area contributed by atoms with Crippen LogP contribution in [0.2, 0.25) is 5.02 Å². The van der Waals surface area contributed by atoms with Gasteiger partial charge in [0.05, 0.1) is 21.8 Å². The van der Waals surface area contributed by atoms with Crippen LogP contribution in [-0.4, -0.2) is 19.5 Å². The average molecular weight is 448 g/mol. The van der Waals surface area contributed by atoms with Crippen LogP contribution in [0.3, 0.4) is 0 Å². The summed E-state index contributed by atoms with van der Waals surface area (Å²) in [6.07, 6.45) is 0.550. The summed E-state index contributed by atoms with van der Waals surface area (Å²) in [6, 6.07) is 9.99. The van der Waals surface area contributed by atoms with E-state index in [1.165, 1.54) is 6.92 Å². The molecule has 0 aliphatic carbocycles. The molecule has 0 aliphatic rings. The molecule has 1 aromatic heterocycles. The van der Waals surface area contributed by atoms with Crippen LogP contribution in [-0.2, 0) is 21.2 Å². The number of aromatic nitrogens is 1. The topological polar surface area (TPSA) is 101 Å². The highest BCUT2D eigenvalue weighted by atomic mass is 35.5. The van der Waals surface area contributed by atoms with Crippen molar-refractivity contribution in [2.45, 2.75) is 39.0 Å². The number of hydrogen-bond acceptors (Lipinski definition) is 5. The molecular weight excluding hydrogens is 426 g/mol. The molecule has 1 heterocycles. The van der Waals surface area contributed by atoms with Crippen LogP contribution in [0, 0.1) is 13.8 Å². The third-order valence-electron chi connectivity index (χ3n) is 4.58. The van der Waals surface area contributed by atoms with Crippen LogP contribution in [0.25, 0.3) is 11.1 Å². The standard InChI is InChI=1S/C21H22ClN3O4S/c1-5-18-20(21(29-24-18)23-14(4)26)15-8-6-13(3)19(10-15)30(27,28)25-16-9-7-12(2)17(22)11-16/h6-11,25H,5H2,1-4H3,(H,23,26). The summed E-state index contributed by atoms with van der Waals surface area (Å²) in [5, 5.41) is 7.07. The van der Waals surface area contributed by atoms with E-state index < -0.39 is 10.0 Å². The minimum absolute atomic E-state index is 0.105. The van der Waals surface area contributed by atoms with Crippen molar-refractivity contribution in [3.8, 4) is 11.1 Å². The van der Waals surface area contributed by atoms with Crippen LogP contribution in [0.5, 0.6) is 0 Å². The zero-order valence-corrected chi connectivity index (χ0v) is 18.6. The minimum Gasteiger partial charge on any atom is -0.337 e. The van der Waals surface area contributed by atoms with Gasteiger partial charge in [-0.25, -0.2) is 8.42 Å². The monoisotopic (exact) mass is 447 g/mol. The van der Waals surface area contributed by atoms with Gasteiger partial charge in [0.2, 0.25) is 11.8 Å². The molecule has 3 rings (SSSR count). The molecule has 7 nitrogen and oxygen atoms in total. The Balaban J connectivity index is 2.06. The maximum atomic E-state index is 13.1. The van der Waals surface area contributed by atoms with Gasteiger partial charge in [-0.1, -0.05) is 41.9 Å². The van der Waals surface area contributed by atoms with Gasteiger partial charge >= 0.3 is 0 Å². The Kier molecular flexibility index (Phi) is 6.19. The van der Waals surface area contributed by atoms with Gasteiger partial charge in [0.1, 0.15) is 0 Å². The van der Waals surface area contributed by atoms with Crippen LogP contribution < -0.4 is 10.0 Å². The molecule has 0 saturated carbocycles. The summed E-state index contributed by atoms with van der Waals surface area (Å²) in [4.78, 5) is 11.6. The number of rotatable bonds is 6. The molecule has 0 spiro atoms. The Morgan fingerprint density at radius 1 is 1.13 bits per heavy atom. The normalized spacial score (nSPS) is 11.4. The molecule has 0 aliphatic heterocycles. The first-order valence-corrected chi connectivity index (χ1v) is 11.1. The van der Waals surface area contributed by atoms with Gasteiger partial charge in [0.15, 0.2) is 0 Å². The van der Waals surface area contributed by atoms with Crippen molar-refractivity contribution in [2.24, 2.45) is 0 Å². The Labute approximate surface area is 180 Å². The van der Waals surface area contributed by atoms with Crippen LogP contribution in [0.15, 0.2) is 45.8 Å². The van der Waals surface area contributed by atoms with Crippen molar-refractivity contribution in [1.82, 2.24) is 5.16 Å². The molecule has 3 aromatic rings. The zero-order chi connectivity index (χ0) is 22.1. The fraction of sp³-hybridized carbons (Fsp3) is 0.238. The lowest BCUT2D eigenvalue weighted by Crippen LogP contribution is -2.14.